The number of nitrogens with one attached hydrogen (secondary N) is 2. The summed E-state index contributed by atoms with van der Waals surface area (Å²) in [4.78, 5) is 24.7. The van der Waals surface area contributed by atoms with Crippen LogP contribution in [0.2, 0.25) is 0 Å². The molecule has 2 aromatic rings. The van der Waals surface area contributed by atoms with Crippen molar-refractivity contribution in [3.63, 3.8) is 0 Å². The highest BCUT2D eigenvalue weighted by Gasteiger charge is 2.29. The van der Waals surface area contributed by atoms with Crippen molar-refractivity contribution in [2.75, 3.05) is 0 Å². The third-order valence-electron chi connectivity index (χ3n) is 3.84. The molecule has 1 aromatic carbocycles. The maximum absolute atomic E-state index is 12.6. The average molecular weight is 378 g/mol. The smallest absolute Gasteiger partial charge is 0.287 e. The number of furan rings is 1. The van der Waals surface area contributed by atoms with Crippen LogP contribution in [-0.4, -0.2) is 26.3 Å². The molecule has 1 atom stereocenters. The molecule has 0 saturated carbocycles. The molecule has 26 heavy (non-hydrogen) atoms. The summed E-state index contributed by atoms with van der Waals surface area (Å²) < 4.78 is 32.1. The first-order valence-electron chi connectivity index (χ1n) is 8.10. The van der Waals surface area contributed by atoms with Crippen LogP contribution in [0.1, 0.15) is 35.5 Å². The van der Waals surface area contributed by atoms with E-state index in [0.717, 1.165) is 5.56 Å². The standard InChI is InChI=1S/C18H22N2O5S/c1-11(2)16(19-17(21)14-6-5-9-25-14)18(22)20-26(23,24)15-8-7-12(3)10-13(15)4/h5-11,16H,1-4H3,(H,19,21)(H,20,22)/t16-/m0/s1. The van der Waals surface area contributed by atoms with Crippen molar-refractivity contribution in [1.82, 2.24) is 10.0 Å². The Morgan fingerprint density at radius 2 is 1.81 bits per heavy atom. The number of sulfonamides is 1. The molecule has 0 unspecified atom stereocenters. The molecule has 0 fully saturated rings. The number of carbonyl (C=O) groups is 2. The van der Waals surface area contributed by atoms with E-state index in [1.54, 1.807) is 39.0 Å². The van der Waals surface area contributed by atoms with Crippen molar-refractivity contribution in [3.8, 4) is 0 Å². The van der Waals surface area contributed by atoms with Crippen molar-refractivity contribution in [1.29, 1.82) is 0 Å². The minimum absolute atomic E-state index is 0.0244. The van der Waals surface area contributed by atoms with Gasteiger partial charge in [-0.1, -0.05) is 31.5 Å². The molecule has 7 nitrogen and oxygen atoms in total. The number of aryl methyl sites for hydroxylation is 2. The largest absolute Gasteiger partial charge is 0.459 e. The molecule has 8 heteroatoms. The lowest BCUT2D eigenvalue weighted by atomic mass is 10.0. The molecule has 1 heterocycles. The van der Waals surface area contributed by atoms with E-state index < -0.39 is 27.9 Å². The molecule has 0 aliphatic carbocycles. The van der Waals surface area contributed by atoms with Gasteiger partial charge in [0.15, 0.2) is 5.76 Å². The minimum Gasteiger partial charge on any atom is -0.459 e. The molecule has 140 valence electrons. The summed E-state index contributed by atoms with van der Waals surface area (Å²) in [7, 11) is -4.05. The number of hydrogen-bond acceptors (Lipinski definition) is 5. The first kappa shape index (κ1) is 19.7. The second kappa shape index (κ2) is 7.74. The van der Waals surface area contributed by atoms with Crippen molar-refractivity contribution in [3.05, 3.63) is 53.5 Å². The van der Waals surface area contributed by atoms with Crippen LogP contribution in [0, 0.1) is 19.8 Å². The summed E-state index contributed by atoms with van der Waals surface area (Å²) in [6.07, 6.45) is 1.34. The molecular formula is C18H22N2O5S. The Balaban J connectivity index is 2.20. The van der Waals surface area contributed by atoms with Crippen LogP contribution in [0.25, 0.3) is 0 Å². The third kappa shape index (κ3) is 4.51. The fourth-order valence-corrected chi connectivity index (χ4v) is 3.74. The first-order chi connectivity index (χ1) is 12.1. The van der Waals surface area contributed by atoms with Crippen LogP contribution in [0.15, 0.2) is 45.9 Å². The van der Waals surface area contributed by atoms with Crippen LogP contribution in [0.5, 0.6) is 0 Å². The van der Waals surface area contributed by atoms with Gasteiger partial charge in [0.25, 0.3) is 21.8 Å². The lowest BCUT2D eigenvalue weighted by Crippen LogP contribution is -2.51. The van der Waals surface area contributed by atoms with Gasteiger partial charge in [-0.3, -0.25) is 9.59 Å². The van der Waals surface area contributed by atoms with Crippen molar-refractivity contribution < 1.29 is 22.4 Å². The number of rotatable bonds is 6. The molecule has 2 rings (SSSR count). The molecular weight excluding hydrogens is 356 g/mol. The van der Waals surface area contributed by atoms with Crippen molar-refractivity contribution in [2.24, 2.45) is 5.92 Å². The monoisotopic (exact) mass is 378 g/mol. The number of benzene rings is 1. The van der Waals surface area contributed by atoms with Crippen LogP contribution in [0.3, 0.4) is 0 Å². The van der Waals surface area contributed by atoms with E-state index >= 15 is 0 Å². The van der Waals surface area contributed by atoms with Crippen LogP contribution in [-0.2, 0) is 14.8 Å². The summed E-state index contributed by atoms with van der Waals surface area (Å²) in [5, 5.41) is 2.51. The lowest BCUT2D eigenvalue weighted by Gasteiger charge is -2.21. The van der Waals surface area contributed by atoms with Crippen LogP contribution in [0.4, 0.5) is 0 Å². The van der Waals surface area contributed by atoms with Gasteiger partial charge in [0.2, 0.25) is 0 Å². The predicted octanol–water partition coefficient (Wildman–Crippen LogP) is 2.16. The Kier molecular flexibility index (Phi) is 5.86. The van der Waals surface area contributed by atoms with Crippen molar-refractivity contribution >= 4 is 21.8 Å². The molecule has 0 bridgehead atoms. The zero-order valence-corrected chi connectivity index (χ0v) is 15.9. The fourth-order valence-electron chi connectivity index (χ4n) is 2.51. The summed E-state index contributed by atoms with van der Waals surface area (Å²) in [5.74, 6) is -1.68. The van der Waals surface area contributed by atoms with Gasteiger partial charge in [-0.2, -0.15) is 0 Å². The Bertz CT molecular complexity index is 902. The number of carbonyl (C=O) groups excluding carboxylic acids is 2. The zero-order valence-electron chi connectivity index (χ0n) is 15.1. The van der Waals surface area contributed by atoms with E-state index in [0.29, 0.717) is 5.56 Å². The number of hydrogen-bond donors (Lipinski definition) is 2. The topological polar surface area (TPSA) is 105 Å². The lowest BCUT2D eigenvalue weighted by molar-refractivity contribution is -0.122. The summed E-state index contributed by atoms with van der Waals surface area (Å²) in [5.41, 5.74) is 1.45. The SMILES string of the molecule is Cc1ccc(S(=O)(=O)NC(=O)[C@@H](NC(=O)c2ccco2)C(C)C)c(C)c1. The molecule has 0 radical (unpaired) electrons. The van der Waals surface area contributed by atoms with E-state index in [4.69, 9.17) is 4.42 Å². The highest BCUT2D eigenvalue weighted by atomic mass is 32.2. The summed E-state index contributed by atoms with van der Waals surface area (Å²) in [6, 6.07) is 6.79. The van der Waals surface area contributed by atoms with Crippen LogP contribution >= 0.6 is 0 Å². The Hall–Kier alpha value is -2.61. The minimum atomic E-state index is -4.05. The summed E-state index contributed by atoms with van der Waals surface area (Å²) in [6.45, 7) is 6.92. The summed E-state index contributed by atoms with van der Waals surface area (Å²) >= 11 is 0. The highest BCUT2D eigenvalue weighted by Crippen LogP contribution is 2.17. The predicted molar refractivity (Wildman–Crippen MR) is 96.0 cm³/mol. The van der Waals surface area contributed by atoms with Crippen molar-refractivity contribution in [2.45, 2.75) is 38.6 Å². The Morgan fingerprint density at radius 3 is 2.35 bits per heavy atom. The van der Waals surface area contributed by atoms with Gasteiger partial charge in [0, 0.05) is 0 Å². The average Bonchev–Trinajstić information content (AvgIpc) is 3.05. The van der Waals surface area contributed by atoms with Gasteiger partial charge in [-0.05, 0) is 43.5 Å². The van der Waals surface area contributed by atoms with Gasteiger partial charge in [-0.15, -0.1) is 0 Å². The normalized spacial score (nSPS) is 12.7. The molecule has 2 N–H and O–H groups in total. The maximum atomic E-state index is 12.6. The van der Waals surface area contributed by atoms with Gasteiger partial charge in [-0.25, -0.2) is 13.1 Å². The third-order valence-corrected chi connectivity index (χ3v) is 5.34. The van der Waals surface area contributed by atoms with Crippen LogP contribution < -0.4 is 10.0 Å². The molecule has 1 aromatic heterocycles. The Labute approximate surface area is 152 Å². The van der Waals surface area contributed by atoms with Gasteiger partial charge in [0.1, 0.15) is 6.04 Å². The second-order valence-electron chi connectivity index (χ2n) is 6.41. The van der Waals surface area contributed by atoms with Gasteiger partial charge >= 0.3 is 0 Å². The molecule has 0 aliphatic heterocycles. The maximum Gasteiger partial charge on any atom is 0.287 e. The fraction of sp³-hybridized carbons (Fsp3) is 0.333. The van der Waals surface area contributed by atoms with E-state index in [9.17, 15) is 18.0 Å². The quantitative estimate of drug-likeness (QED) is 0.801. The van der Waals surface area contributed by atoms with Gasteiger partial charge in [0.05, 0.1) is 11.2 Å². The molecule has 2 amide bonds. The van der Waals surface area contributed by atoms with Gasteiger partial charge < -0.3 is 9.73 Å². The second-order valence-corrected chi connectivity index (χ2v) is 8.06. The molecule has 0 spiro atoms. The van der Waals surface area contributed by atoms with E-state index in [-0.39, 0.29) is 16.6 Å². The number of amides is 2. The van der Waals surface area contributed by atoms with E-state index in [2.05, 4.69) is 10.0 Å². The van der Waals surface area contributed by atoms with E-state index in [1.165, 1.54) is 18.4 Å². The zero-order chi connectivity index (χ0) is 19.5. The Morgan fingerprint density at radius 1 is 1.12 bits per heavy atom. The first-order valence-corrected chi connectivity index (χ1v) is 9.58. The van der Waals surface area contributed by atoms with E-state index in [1.807, 2.05) is 6.92 Å². The molecule has 0 aliphatic rings. The highest BCUT2D eigenvalue weighted by molar-refractivity contribution is 7.90. The molecule has 0 saturated heterocycles.